The zero-order chi connectivity index (χ0) is 17.5. The second kappa shape index (κ2) is 10.8. The molecule has 2 saturated heterocycles. The van der Waals surface area contributed by atoms with E-state index in [1.54, 1.807) is 0 Å². The Morgan fingerprint density at radius 2 is 2.04 bits per heavy atom. The third kappa shape index (κ3) is 5.86. The van der Waals surface area contributed by atoms with E-state index in [0.717, 1.165) is 57.7 Å². The van der Waals surface area contributed by atoms with Crippen molar-refractivity contribution >= 4 is 18.3 Å². The minimum Gasteiger partial charge on any atom is -0.494 e. The number of rotatable bonds is 7. The molecule has 0 bridgehead atoms. The van der Waals surface area contributed by atoms with Gasteiger partial charge >= 0.3 is 0 Å². The summed E-state index contributed by atoms with van der Waals surface area (Å²) in [6.45, 7) is 7.00. The molecule has 1 aromatic rings. The van der Waals surface area contributed by atoms with Gasteiger partial charge in [-0.25, -0.2) is 0 Å². The minimum absolute atomic E-state index is 0. The van der Waals surface area contributed by atoms with Crippen LogP contribution < -0.4 is 10.1 Å². The quantitative estimate of drug-likeness (QED) is 0.787. The summed E-state index contributed by atoms with van der Waals surface area (Å²) in [5.41, 5.74) is 1.23. The third-order valence-corrected chi connectivity index (χ3v) is 5.15. The molecule has 2 aliphatic rings. The van der Waals surface area contributed by atoms with E-state index in [2.05, 4.69) is 22.3 Å². The Balaban J connectivity index is 0.00000243. The molecule has 0 aromatic heterocycles. The molecule has 2 fully saturated rings. The molecule has 5 nitrogen and oxygen atoms in total. The summed E-state index contributed by atoms with van der Waals surface area (Å²) in [6.07, 6.45) is 4.25. The number of hydrogen-bond donors (Lipinski definition) is 1. The van der Waals surface area contributed by atoms with Crippen LogP contribution in [0.25, 0.3) is 0 Å². The van der Waals surface area contributed by atoms with Gasteiger partial charge in [0.25, 0.3) is 0 Å². The van der Waals surface area contributed by atoms with Crippen molar-refractivity contribution in [2.24, 2.45) is 5.92 Å². The first-order valence-electron chi connectivity index (χ1n) is 9.58. The highest BCUT2D eigenvalue weighted by Gasteiger charge is 2.26. The molecule has 0 aliphatic carbocycles. The van der Waals surface area contributed by atoms with Crippen molar-refractivity contribution in [2.45, 2.75) is 45.3 Å². The summed E-state index contributed by atoms with van der Waals surface area (Å²) < 4.78 is 11.3. The number of nitrogens with one attached hydrogen (secondary N) is 1. The number of piperidine rings is 1. The molecule has 0 spiro atoms. The highest BCUT2D eigenvalue weighted by Crippen LogP contribution is 2.24. The van der Waals surface area contributed by atoms with Gasteiger partial charge < -0.3 is 14.8 Å². The standard InChI is InChI=1S/C20H30N2O3.ClH/c1-2-24-19-8-4-3-6-17(19)15-22-11-9-16(10-12-22)20(23)21-14-18-7-5-13-25-18;/h3-4,6,8,16,18H,2,5,7,9-15H2,1H3,(H,21,23);1H. The van der Waals surface area contributed by atoms with Crippen molar-refractivity contribution in [3.8, 4) is 5.75 Å². The highest BCUT2D eigenvalue weighted by molar-refractivity contribution is 5.85. The molecule has 0 radical (unpaired) electrons. The third-order valence-electron chi connectivity index (χ3n) is 5.15. The van der Waals surface area contributed by atoms with Crippen LogP contribution in [0.3, 0.4) is 0 Å². The summed E-state index contributed by atoms with van der Waals surface area (Å²) in [4.78, 5) is 14.8. The van der Waals surface area contributed by atoms with E-state index in [4.69, 9.17) is 9.47 Å². The zero-order valence-corrected chi connectivity index (χ0v) is 16.4. The van der Waals surface area contributed by atoms with Gasteiger partial charge in [0.1, 0.15) is 5.75 Å². The van der Waals surface area contributed by atoms with Gasteiger partial charge in [-0.3, -0.25) is 9.69 Å². The van der Waals surface area contributed by atoms with Crippen LogP contribution in [-0.2, 0) is 16.1 Å². The number of para-hydroxylation sites is 1. The number of carbonyl (C=O) groups excluding carboxylic acids is 1. The van der Waals surface area contributed by atoms with Crippen LogP contribution >= 0.6 is 12.4 Å². The molecule has 2 aliphatic heterocycles. The van der Waals surface area contributed by atoms with Crippen LogP contribution in [0.2, 0.25) is 0 Å². The SMILES string of the molecule is CCOc1ccccc1CN1CCC(C(=O)NCC2CCCO2)CC1.Cl. The molecule has 6 heteroatoms. The lowest BCUT2D eigenvalue weighted by Gasteiger charge is -2.31. The van der Waals surface area contributed by atoms with Gasteiger partial charge in [0.05, 0.1) is 12.7 Å². The molecular weight excluding hydrogens is 352 g/mol. The number of likely N-dealkylation sites (tertiary alicyclic amines) is 1. The van der Waals surface area contributed by atoms with E-state index in [1.807, 2.05) is 19.1 Å². The number of ether oxygens (including phenoxy) is 2. The van der Waals surface area contributed by atoms with Crippen LogP contribution in [0.5, 0.6) is 5.75 Å². The van der Waals surface area contributed by atoms with Crippen LogP contribution in [0.1, 0.15) is 38.2 Å². The van der Waals surface area contributed by atoms with Gasteiger partial charge in [-0.2, -0.15) is 0 Å². The molecule has 1 atom stereocenters. The first kappa shape index (κ1) is 21.0. The summed E-state index contributed by atoms with van der Waals surface area (Å²) in [5.74, 6) is 1.31. The van der Waals surface area contributed by atoms with Crippen molar-refractivity contribution in [2.75, 3.05) is 32.8 Å². The van der Waals surface area contributed by atoms with Crippen molar-refractivity contribution < 1.29 is 14.3 Å². The van der Waals surface area contributed by atoms with Gasteiger partial charge in [0.2, 0.25) is 5.91 Å². The Labute approximate surface area is 162 Å². The van der Waals surface area contributed by atoms with E-state index in [0.29, 0.717) is 13.2 Å². The number of carbonyl (C=O) groups is 1. The van der Waals surface area contributed by atoms with Crippen LogP contribution in [0.15, 0.2) is 24.3 Å². The van der Waals surface area contributed by atoms with E-state index in [-0.39, 0.29) is 30.3 Å². The Morgan fingerprint density at radius 3 is 2.73 bits per heavy atom. The zero-order valence-electron chi connectivity index (χ0n) is 15.6. The normalized spacial score (nSPS) is 21.2. The average molecular weight is 383 g/mol. The van der Waals surface area contributed by atoms with Crippen molar-refractivity contribution in [1.82, 2.24) is 10.2 Å². The minimum atomic E-state index is 0. The van der Waals surface area contributed by atoms with Crippen molar-refractivity contribution in [1.29, 1.82) is 0 Å². The Morgan fingerprint density at radius 1 is 1.27 bits per heavy atom. The van der Waals surface area contributed by atoms with E-state index in [9.17, 15) is 4.79 Å². The lowest BCUT2D eigenvalue weighted by Crippen LogP contribution is -2.42. The van der Waals surface area contributed by atoms with Crippen LogP contribution in [-0.4, -0.2) is 49.8 Å². The summed E-state index contributed by atoms with van der Waals surface area (Å²) in [7, 11) is 0. The lowest BCUT2D eigenvalue weighted by atomic mass is 9.95. The largest absolute Gasteiger partial charge is 0.494 e. The van der Waals surface area contributed by atoms with Gasteiger partial charge in [0, 0.05) is 31.2 Å². The lowest BCUT2D eigenvalue weighted by molar-refractivity contribution is -0.127. The molecule has 1 amide bonds. The Bertz CT molecular complexity index is 556. The fourth-order valence-corrected chi connectivity index (χ4v) is 3.69. The molecule has 2 heterocycles. The first-order valence-corrected chi connectivity index (χ1v) is 9.58. The summed E-state index contributed by atoms with van der Waals surface area (Å²) in [6, 6.07) is 8.23. The molecule has 1 unspecified atom stereocenters. The van der Waals surface area contributed by atoms with Gasteiger partial charge in [0.15, 0.2) is 0 Å². The maximum Gasteiger partial charge on any atom is 0.223 e. The first-order chi connectivity index (χ1) is 12.3. The number of benzene rings is 1. The molecular formula is C20H31ClN2O3. The van der Waals surface area contributed by atoms with Crippen molar-refractivity contribution in [3.63, 3.8) is 0 Å². The Kier molecular flexibility index (Phi) is 8.69. The fourth-order valence-electron chi connectivity index (χ4n) is 3.69. The highest BCUT2D eigenvalue weighted by atomic mass is 35.5. The van der Waals surface area contributed by atoms with Gasteiger partial charge in [-0.1, -0.05) is 18.2 Å². The van der Waals surface area contributed by atoms with Gasteiger partial charge in [-0.15, -0.1) is 12.4 Å². The number of nitrogens with zero attached hydrogens (tertiary/aromatic N) is 1. The second-order valence-corrected chi connectivity index (χ2v) is 6.97. The average Bonchev–Trinajstić information content (AvgIpc) is 3.16. The van der Waals surface area contributed by atoms with Gasteiger partial charge in [-0.05, 0) is 51.8 Å². The topological polar surface area (TPSA) is 50.8 Å². The number of hydrogen-bond acceptors (Lipinski definition) is 4. The molecule has 0 saturated carbocycles. The Hall–Kier alpha value is -1.30. The predicted molar refractivity (Wildman–Crippen MR) is 105 cm³/mol. The van der Waals surface area contributed by atoms with Crippen molar-refractivity contribution in [3.05, 3.63) is 29.8 Å². The molecule has 3 rings (SSSR count). The van der Waals surface area contributed by atoms with E-state index < -0.39 is 0 Å². The number of halogens is 1. The maximum absolute atomic E-state index is 12.4. The number of amides is 1. The van der Waals surface area contributed by atoms with E-state index >= 15 is 0 Å². The molecule has 1 N–H and O–H groups in total. The molecule has 146 valence electrons. The van der Waals surface area contributed by atoms with Crippen LogP contribution in [0, 0.1) is 5.92 Å². The van der Waals surface area contributed by atoms with E-state index in [1.165, 1.54) is 5.56 Å². The maximum atomic E-state index is 12.4. The fraction of sp³-hybridized carbons (Fsp3) is 0.650. The summed E-state index contributed by atoms with van der Waals surface area (Å²) in [5, 5.41) is 3.08. The molecule has 26 heavy (non-hydrogen) atoms. The monoisotopic (exact) mass is 382 g/mol. The second-order valence-electron chi connectivity index (χ2n) is 6.97. The smallest absolute Gasteiger partial charge is 0.223 e. The predicted octanol–water partition coefficient (Wildman–Crippen LogP) is 3.01. The summed E-state index contributed by atoms with van der Waals surface area (Å²) >= 11 is 0. The molecule has 1 aromatic carbocycles. The van der Waals surface area contributed by atoms with Crippen LogP contribution in [0.4, 0.5) is 0 Å².